The molecule has 2 fully saturated rings. The number of guanidine groups is 1. The minimum Gasteiger partial charge on any atom is -0.370 e. The Bertz CT molecular complexity index is 1210. The first-order chi connectivity index (χ1) is 21.3. The third kappa shape index (κ3) is 13.1. The molecule has 2 aliphatic rings. The van der Waals surface area contributed by atoms with Gasteiger partial charge < -0.3 is 31.7 Å². The average molecular weight is 740 g/mol. The molecule has 258 valence electrons. The Morgan fingerprint density at radius 2 is 1.85 bits per heavy atom. The number of Topliss-reactive ketones (excluding diaryl/α,β-unsaturated/α-hetero) is 2. The molecular weight excluding hydrogens is 694 g/mol. The quantitative estimate of drug-likeness (QED) is 0.0220. The number of piperidine rings is 1. The van der Waals surface area contributed by atoms with E-state index in [1.54, 1.807) is 4.90 Å². The summed E-state index contributed by atoms with van der Waals surface area (Å²) in [5.41, 5.74) is 14.5. The van der Waals surface area contributed by atoms with Crippen LogP contribution in [0.5, 0.6) is 0 Å². The minimum atomic E-state index is -1.07. The average Bonchev–Trinajstić information content (AvgIpc) is 3.41. The number of nitrogens with zero attached hydrogens (tertiary/aromatic N) is 5. The van der Waals surface area contributed by atoms with Crippen LogP contribution in [0, 0.1) is 5.92 Å². The van der Waals surface area contributed by atoms with Gasteiger partial charge in [-0.15, -0.1) is 0 Å². The predicted octanol–water partition coefficient (Wildman–Crippen LogP) is -0.147. The number of carbonyl (C=O) groups excluding carboxylic acids is 6. The van der Waals surface area contributed by atoms with Gasteiger partial charge in [0.1, 0.15) is 17.9 Å². The van der Waals surface area contributed by atoms with Crippen LogP contribution in [0.3, 0.4) is 0 Å². The zero-order valence-electron chi connectivity index (χ0n) is 25.8. The number of amides is 4. The molecule has 0 aliphatic carbocycles. The topological polar surface area (TPSA) is 253 Å². The van der Waals surface area contributed by atoms with E-state index in [4.69, 9.17) is 11.3 Å². The zero-order chi connectivity index (χ0) is 33.7. The third-order valence-corrected chi connectivity index (χ3v) is 9.26. The van der Waals surface area contributed by atoms with Gasteiger partial charge in [-0.25, -0.2) is 0 Å². The Morgan fingerprint density at radius 3 is 2.43 bits per heavy atom. The minimum absolute atomic E-state index is 0. The fourth-order valence-electron chi connectivity index (χ4n) is 5.39. The molecule has 4 amide bonds. The molecule has 17 nitrogen and oxygen atoms in total. The first kappa shape index (κ1) is 41.9. The van der Waals surface area contributed by atoms with E-state index in [1.807, 2.05) is 0 Å². The maximum absolute atomic E-state index is 13.7. The van der Waals surface area contributed by atoms with Crippen molar-refractivity contribution < 1.29 is 28.8 Å². The molecule has 2 saturated heterocycles. The van der Waals surface area contributed by atoms with Gasteiger partial charge in [0.05, 0.1) is 18.6 Å². The number of hydrogen-bond donors (Lipinski definition) is 6. The van der Waals surface area contributed by atoms with Gasteiger partial charge in [0.2, 0.25) is 23.6 Å². The highest BCUT2D eigenvalue weighted by Gasteiger charge is 2.49. The van der Waals surface area contributed by atoms with Crippen LogP contribution in [0.15, 0.2) is 10.1 Å². The molecule has 2 rings (SSSR count). The molecular formula is C24H45N11O6P4S. The Morgan fingerprint density at radius 1 is 1.15 bits per heavy atom. The van der Waals surface area contributed by atoms with Crippen LogP contribution in [0.4, 0.5) is 0 Å². The Balaban J connectivity index is 0.0000106. The van der Waals surface area contributed by atoms with Crippen LogP contribution in [-0.2, 0) is 28.8 Å². The van der Waals surface area contributed by atoms with E-state index in [0.29, 0.717) is 25.7 Å². The van der Waals surface area contributed by atoms with Crippen molar-refractivity contribution in [2.75, 3.05) is 19.6 Å². The van der Waals surface area contributed by atoms with Crippen molar-refractivity contribution in [1.82, 2.24) is 31.0 Å². The summed E-state index contributed by atoms with van der Waals surface area (Å²) < 4.78 is 0. The molecule has 2 aliphatic heterocycles. The number of hydrogen-bond acceptors (Lipinski definition) is 9. The molecule has 7 N–H and O–H groups in total. The first-order valence-electron chi connectivity index (χ1n) is 14.3. The maximum Gasteiger partial charge on any atom is 0.243 e. The summed E-state index contributed by atoms with van der Waals surface area (Å²) in [7, 11) is 6.56. The smallest absolute Gasteiger partial charge is 0.243 e. The molecule has 2 heterocycles. The second kappa shape index (κ2) is 20.9. The second-order valence-corrected chi connectivity index (χ2v) is 17.4. The van der Waals surface area contributed by atoms with Crippen molar-refractivity contribution in [3.05, 3.63) is 10.4 Å². The van der Waals surface area contributed by atoms with Gasteiger partial charge in [0, 0.05) is 30.5 Å². The molecule has 0 saturated carbocycles. The van der Waals surface area contributed by atoms with E-state index in [-0.39, 0.29) is 69.0 Å². The summed E-state index contributed by atoms with van der Waals surface area (Å²) >= 11 is 0. The number of rotatable bonds is 17. The zero-order valence-corrected chi connectivity index (χ0v) is 31.1. The fourth-order valence-corrected chi connectivity index (χ4v) is 7.09. The van der Waals surface area contributed by atoms with Crippen molar-refractivity contribution in [1.29, 1.82) is 0 Å². The van der Waals surface area contributed by atoms with Crippen molar-refractivity contribution in [2.24, 2.45) is 21.8 Å². The third-order valence-electron chi connectivity index (χ3n) is 7.49. The molecule has 22 heteroatoms. The first-order valence-corrected chi connectivity index (χ1v) is 19.5. The van der Waals surface area contributed by atoms with Crippen LogP contribution in [0.1, 0.15) is 52.4 Å². The van der Waals surface area contributed by atoms with Crippen LogP contribution < -0.4 is 31.9 Å². The summed E-state index contributed by atoms with van der Waals surface area (Å²) in [6.45, 7) is 2.47. The number of azide groups is 1. The highest BCUT2D eigenvalue weighted by atomic mass is 32.4. The van der Waals surface area contributed by atoms with Gasteiger partial charge in [-0.05, 0) is 74.2 Å². The van der Waals surface area contributed by atoms with E-state index < -0.39 is 61.7 Å². The van der Waals surface area contributed by atoms with E-state index >= 15 is 0 Å². The van der Waals surface area contributed by atoms with E-state index in [1.165, 1.54) is 13.8 Å². The number of nitrogens with one attached hydrogen (secondary N) is 5. The molecule has 9 atom stereocenters. The summed E-state index contributed by atoms with van der Waals surface area (Å²) in [6.07, 6.45) is 1.86. The largest absolute Gasteiger partial charge is 0.370 e. The summed E-state index contributed by atoms with van der Waals surface area (Å²) in [4.78, 5) is 84.7. The Labute approximate surface area is 283 Å². The van der Waals surface area contributed by atoms with Crippen LogP contribution in [-0.4, -0.2) is 95.9 Å². The lowest BCUT2D eigenvalue weighted by Crippen LogP contribution is -2.61. The SMILES string of the molecule is CC(=O)C[C@H](NC(=O)CNC(=O)[C@H](CCCN=C(N)NP)NC(=O)[C@@H]1CC[C@H]2C[C@@H](CN=[N+]=[N-])[C@@H](NP(P)P)C(=O)N21)C(C)=O.S. The predicted molar refractivity (Wildman–Crippen MR) is 191 cm³/mol. The number of aliphatic imine (C=N–C) groups is 1. The summed E-state index contributed by atoms with van der Waals surface area (Å²) in [5, 5.41) is 17.2. The molecule has 46 heavy (non-hydrogen) atoms. The van der Waals surface area contributed by atoms with Crippen LogP contribution in [0.25, 0.3) is 10.4 Å². The Kier molecular flexibility index (Phi) is 19.0. The van der Waals surface area contributed by atoms with Crippen LogP contribution in [0.2, 0.25) is 0 Å². The van der Waals surface area contributed by atoms with Crippen LogP contribution >= 0.6 is 48.2 Å². The number of ketones is 2. The van der Waals surface area contributed by atoms with E-state index in [9.17, 15) is 28.8 Å². The van der Waals surface area contributed by atoms with Gasteiger partial charge in [0.15, 0.2) is 11.7 Å². The standard InChI is InChI=1S/C24H43N11O6P4.H2S/c1-12(36)8-17(13(2)37)30-19(38)11-28-21(39)16(4-3-7-27-24(25)32-42)31-22(40)18-6-5-15-9-14(10-29-34-26)20(33-45(43)44)23(41)35(15)18;/h14-18,20,33H,3-11,42-44H2,1-2H3,(H,28,39)(H,30,38)(H,31,40)(H3,25,27,32);1H2/t14-,15-,16-,17-,18-,20+;/m0./s1. The van der Waals surface area contributed by atoms with Gasteiger partial charge in [-0.1, -0.05) is 23.0 Å². The lowest BCUT2D eigenvalue weighted by atomic mass is 9.87. The molecule has 3 unspecified atom stereocenters. The highest BCUT2D eigenvalue weighted by Crippen LogP contribution is 2.50. The molecule has 0 bridgehead atoms. The summed E-state index contributed by atoms with van der Waals surface area (Å²) in [6, 6.07) is -3.75. The van der Waals surface area contributed by atoms with Crippen molar-refractivity contribution >= 4 is 89.3 Å². The lowest BCUT2D eigenvalue weighted by Gasteiger charge is -2.42. The van der Waals surface area contributed by atoms with Gasteiger partial charge >= 0.3 is 0 Å². The highest BCUT2D eigenvalue weighted by molar-refractivity contribution is 8.42. The van der Waals surface area contributed by atoms with Gasteiger partial charge in [-0.3, -0.25) is 38.8 Å². The molecule has 0 spiro atoms. The van der Waals surface area contributed by atoms with E-state index in [2.05, 4.69) is 68.4 Å². The second-order valence-electron chi connectivity index (χ2n) is 10.9. The number of fused-ring (bicyclic) bond motifs is 1. The van der Waals surface area contributed by atoms with Gasteiger partial charge in [-0.2, -0.15) is 13.5 Å². The maximum atomic E-state index is 13.7. The molecule has 0 radical (unpaired) electrons. The van der Waals surface area contributed by atoms with Gasteiger partial charge in [0.25, 0.3) is 0 Å². The molecule has 0 aromatic carbocycles. The monoisotopic (exact) mass is 739 g/mol. The van der Waals surface area contributed by atoms with E-state index in [0.717, 1.165) is 0 Å². The molecule has 0 aromatic heterocycles. The fraction of sp³-hybridized carbons (Fsp3) is 0.708. The molecule has 0 aromatic rings. The Hall–Kier alpha value is -2.17. The number of nitrogens with two attached hydrogens (primary N) is 1. The normalized spacial score (nSPS) is 22.0. The lowest BCUT2D eigenvalue weighted by molar-refractivity contribution is -0.146. The van der Waals surface area contributed by atoms with Crippen molar-refractivity contribution in [2.45, 2.75) is 82.6 Å². The number of carbonyl (C=O) groups is 6. The van der Waals surface area contributed by atoms with Crippen molar-refractivity contribution in [3.8, 4) is 0 Å². The van der Waals surface area contributed by atoms with Crippen molar-refractivity contribution in [3.63, 3.8) is 0 Å². The summed E-state index contributed by atoms with van der Waals surface area (Å²) in [5.74, 6) is -2.81.